The highest BCUT2D eigenvalue weighted by Crippen LogP contribution is 2.26. The van der Waals surface area contributed by atoms with E-state index in [2.05, 4.69) is 15.3 Å². The molecule has 1 aliphatic heterocycles. The molecule has 0 aliphatic carbocycles. The fraction of sp³-hybridized carbons (Fsp3) is 0.625. The second-order valence-corrected chi connectivity index (χ2v) is 7.55. The van der Waals surface area contributed by atoms with Crippen molar-refractivity contribution in [2.24, 2.45) is 0 Å². The van der Waals surface area contributed by atoms with E-state index >= 15 is 0 Å². The zero-order valence-corrected chi connectivity index (χ0v) is 15.1. The predicted molar refractivity (Wildman–Crippen MR) is 95.7 cm³/mol. The van der Waals surface area contributed by atoms with Crippen LogP contribution in [0.4, 0.5) is 4.79 Å². The minimum absolute atomic E-state index is 0.0354. The van der Waals surface area contributed by atoms with Gasteiger partial charge in [0.25, 0.3) is 5.56 Å². The number of rotatable bonds is 1. The molecule has 1 aliphatic rings. The Balaban J connectivity index is 2.06. The second-order valence-electron chi connectivity index (χ2n) is 7.55. The van der Waals surface area contributed by atoms with Crippen molar-refractivity contribution in [2.75, 3.05) is 13.1 Å². The summed E-state index contributed by atoms with van der Waals surface area (Å²) in [6.07, 6.45) is 1.68. The van der Waals surface area contributed by atoms with Crippen molar-refractivity contribution in [3.8, 4) is 0 Å². The molecule has 8 nitrogen and oxygen atoms in total. The van der Waals surface area contributed by atoms with E-state index in [1.807, 2.05) is 27.7 Å². The van der Waals surface area contributed by atoms with Gasteiger partial charge in [-0.25, -0.2) is 9.67 Å². The third kappa shape index (κ3) is 3.15. The van der Waals surface area contributed by atoms with Crippen LogP contribution in [0.15, 0.2) is 4.79 Å². The molecule has 2 amide bonds. The van der Waals surface area contributed by atoms with Crippen LogP contribution in [0, 0.1) is 6.92 Å². The predicted octanol–water partition coefficient (Wildman–Crippen LogP) is 1.16. The van der Waals surface area contributed by atoms with Gasteiger partial charge in [0.2, 0.25) is 7.98 Å². The lowest BCUT2D eigenvalue weighted by molar-refractivity contribution is 0.184. The number of aromatic nitrogens is 4. The van der Waals surface area contributed by atoms with Crippen molar-refractivity contribution in [3.63, 3.8) is 0 Å². The minimum atomic E-state index is -0.316. The van der Waals surface area contributed by atoms with Crippen LogP contribution in [0.2, 0.25) is 0 Å². The molecule has 132 valence electrons. The van der Waals surface area contributed by atoms with Gasteiger partial charge in [-0.15, -0.1) is 0 Å². The van der Waals surface area contributed by atoms with Crippen LogP contribution in [0.3, 0.4) is 0 Å². The Kier molecular flexibility index (Phi) is 4.34. The van der Waals surface area contributed by atoms with Crippen LogP contribution in [-0.2, 0) is 5.54 Å². The number of nitrogens with one attached hydrogen (secondary N) is 2. The van der Waals surface area contributed by atoms with Crippen LogP contribution >= 0.6 is 0 Å². The molecule has 2 radical (unpaired) electrons. The number of amides is 2. The normalized spacial score (nSPS) is 18.6. The van der Waals surface area contributed by atoms with Gasteiger partial charge in [0, 0.05) is 19.0 Å². The Hall–Kier alpha value is -2.32. The number of piperidine rings is 1. The second kappa shape index (κ2) is 6.20. The van der Waals surface area contributed by atoms with Crippen molar-refractivity contribution in [3.05, 3.63) is 21.9 Å². The number of aryl methyl sites for hydroxylation is 1. The van der Waals surface area contributed by atoms with Gasteiger partial charge in [-0.3, -0.25) is 9.59 Å². The fourth-order valence-electron chi connectivity index (χ4n) is 3.34. The maximum atomic E-state index is 12.6. The summed E-state index contributed by atoms with van der Waals surface area (Å²) < 4.78 is 1.80. The van der Waals surface area contributed by atoms with Crippen LogP contribution < -0.4 is 10.8 Å². The van der Waals surface area contributed by atoms with E-state index in [0.29, 0.717) is 35.6 Å². The zero-order chi connectivity index (χ0) is 18.4. The maximum absolute atomic E-state index is 12.6. The van der Waals surface area contributed by atoms with Gasteiger partial charge in [-0.1, -0.05) is 0 Å². The summed E-state index contributed by atoms with van der Waals surface area (Å²) in [6, 6.07) is -0.316. The molecule has 25 heavy (non-hydrogen) atoms. The van der Waals surface area contributed by atoms with E-state index in [4.69, 9.17) is 13.0 Å². The lowest BCUT2D eigenvalue weighted by atomic mass is 9.97. The third-order valence-electron chi connectivity index (χ3n) is 4.59. The number of likely N-dealkylation sites (tertiary alicyclic amines) is 1. The Labute approximate surface area is 147 Å². The third-order valence-corrected chi connectivity index (χ3v) is 4.59. The quantitative estimate of drug-likeness (QED) is 0.760. The van der Waals surface area contributed by atoms with Crippen LogP contribution in [0.25, 0.3) is 11.0 Å². The summed E-state index contributed by atoms with van der Waals surface area (Å²) >= 11 is 0. The Bertz CT molecular complexity index is 866. The van der Waals surface area contributed by atoms with Gasteiger partial charge < -0.3 is 15.1 Å². The van der Waals surface area contributed by atoms with Crippen molar-refractivity contribution >= 4 is 25.0 Å². The maximum Gasteiger partial charge on any atom is 0.304 e. The van der Waals surface area contributed by atoms with Gasteiger partial charge in [0.15, 0.2) is 5.65 Å². The van der Waals surface area contributed by atoms with Crippen LogP contribution in [-0.4, -0.2) is 51.8 Å². The molecule has 0 saturated carbocycles. The molecule has 1 atom stereocenters. The number of urea groups is 1. The molecule has 3 heterocycles. The monoisotopic (exact) mass is 342 g/mol. The molecule has 2 N–H and O–H groups in total. The standard InChI is InChI=1S/C16H23BN6O2/c1-9-11-13(23(21-9)16(2,3)4)18-12(19-14(11)24)10-6-5-7-22(8-10)15(25)20-17/h10H,5-8H2,1-4H3,(H,20,25)(H,18,19,24). The molecule has 0 bridgehead atoms. The lowest BCUT2D eigenvalue weighted by Crippen LogP contribution is -2.44. The number of hydrogen-bond donors (Lipinski definition) is 2. The SMILES string of the molecule is [B]NC(=O)N1CCCC(c2nc3c(c(C)nn3C(C)(C)C)c(=O)[nH]2)C1. The first-order valence-corrected chi connectivity index (χ1v) is 8.48. The topological polar surface area (TPSA) is 95.9 Å². The summed E-state index contributed by atoms with van der Waals surface area (Å²) in [6.45, 7) is 9.00. The van der Waals surface area contributed by atoms with Crippen LogP contribution in [0.1, 0.15) is 51.0 Å². The van der Waals surface area contributed by atoms with Crippen molar-refractivity contribution in [1.82, 2.24) is 29.9 Å². The summed E-state index contributed by atoms with van der Waals surface area (Å²) in [4.78, 5) is 33.7. The fourth-order valence-corrected chi connectivity index (χ4v) is 3.34. The van der Waals surface area contributed by atoms with Gasteiger partial charge >= 0.3 is 6.03 Å². The molecule has 3 rings (SSSR count). The average molecular weight is 342 g/mol. The smallest absolute Gasteiger partial charge is 0.304 e. The first kappa shape index (κ1) is 17.5. The van der Waals surface area contributed by atoms with E-state index in [1.54, 1.807) is 9.58 Å². The minimum Gasteiger partial charge on any atom is -0.391 e. The van der Waals surface area contributed by atoms with Crippen molar-refractivity contribution in [1.29, 1.82) is 0 Å². The summed E-state index contributed by atoms with van der Waals surface area (Å²) in [5.74, 6) is 0.559. The van der Waals surface area contributed by atoms with Crippen molar-refractivity contribution < 1.29 is 4.79 Å². The molecular weight excluding hydrogens is 319 g/mol. The number of carbonyl (C=O) groups excluding carboxylic acids is 1. The van der Waals surface area contributed by atoms with E-state index in [0.717, 1.165) is 12.8 Å². The average Bonchev–Trinajstić information content (AvgIpc) is 2.91. The number of fused-ring (bicyclic) bond motifs is 1. The van der Waals surface area contributed by atoms with E-state index in [-0.39, 0.29) is 23.0 Å². The zero-order valence-electron chi connectivity index (χ0n) is 15.1. The molecule has 1 unspecified atom stereocenters. The molecule has 2 aromatic heterocycles. The molecule has 0 aromatic carbocycles. The largest absolute Gasteiger partial charge is 0.391 e. The van der Waals surface area contributed by atoms with E-state index in [1.165, 1.54) is 0 Å². The molecule has 1 fully saturated rings. The lowest BCUT2D eigenvalue weighted by Gasteiger charge is -2.32. The molecule has 0 spiro atoms. The number of H-pyrrole nitrogens is 1. The molecule has 9 heteroatoms. The first-order valence-electron chi connectivity index (χ1n) is 8.48. The van der Waals surface area contributed by atoms with Gasteiger partial charge in [0.1, 0.15) is 11.2 Å². The van der Waals surface area contributed by atoms with Crippen molar-refractivity contribution in [2.45, 2.75) is 52.0 Å². The number of carbonyl (C=O) groups is 1. The number of hydrogen-bond acceptors (Lipinski definition) is 4. The summed E-state index contributed by atoms with van der Waals surface area (Å²) in [5.41, 5.74) is 0.776. The number of nitrogens with zero attached hydrogens (tertiary/aromatic N) is 4. The Morgan fingerprint density at radius 2 is 2.12 bits per heavy atom. The summed E-state index contributed by atoms with van der Waals surface area (Å²) in [7, 11) is 5.23. The van der Waals surface area contributed by atoms with E-state index in [9.17, 15) is 9.59 Å². The molecule has 2 aromatic rings. The Morgan fingerprint density at radius 1 is 1.40 bits per heavy atom. The van der Waals surface area contributed by atoms with Gasteiger partial charge in [-0.2, -0.15) is 5.10 Å². The van der Waals surface area contributed by atoms with E-state index < -0.39 is 0 Å². The molecular formula is C16H23BN6O2. The van der Waals surface area contributed by atoms with Gasteiger partial charge in [0.05, 0.1) is 11.2 Å². The highest BCUT2D eigenvalue weighted by atomic mass is 16.2. The molecule has 1 saturated heterocycles. The number of aromatic amines is 1. The first-order chi connectivity index (χ1) is 11.7. The highest BCUT2D eigenvalue weighted by Gasteiger charge is 2.28. The highest BCUT2D eigenvalue weighted by molar-refractivity contribution is 6.13. The van der Waals surface area contributed by atoms with Crippen LogP contribution in [0.5, 0.6) is 0 Å². The summed E-state index contributed by atoms with van der Waals surface area (Å²) in [5, 5.41) is 7.19. The Morgan fingerprint density at radius 3 is 2.76 bits per heavy atom. The van der Waals surface area contributed by atoms with Gasteiger partial charge in [-0.05, 0) is 40.5 Å².